The van der Waals surface area contributed by atoms with Crippen molar-refractivity contribution < 1.29 is 9.84 Å². The largest absolute Gasteiger partial charge is 0.490 e. The van der Waals surface area contributed by atoms with Gasteiger partial charge in [-0.15, -0.1) is 0 Å². The molecule has 1 N–H and O–H groups in total. The molecule has 0 bridgehead atoms. The van der Waals surface area contributed by atoms with Crippen LogP contribution in [0.3, 0.4) is 0 Å². The standard InChI is InChI=1S/C35H42N2O2P/c1-36-24-26-37(27-25-36)23-13-15-30-14-11-12-22-35(30)39-28-31(38)29-40(32-16-5-2-6-17-32,33-18-7-3-8-19-33)34-20-9-4-10-21-34/h2-12,14,16-22,31,38H,13,15,23-29H2,1H3/q+1. The van der Waals surface area contributed by atoms with Crippen molar-refractivity contribution in [2.75, 3.05) is 52.5 Å². The Morgan fingerprint density at radius 1 is 0.700 bits per heavy atom. The van der Waals surface area contributed by atoms with Crippen molar-refractivity contribution in [1.82, 2.24) is 9.80 Å². The summed E-state index contributed by atoms with van der Waals surface area (Å²) in [5.41, 5.74) is 1.22. The summed E-state index contributed by atoms with van der Waals surface area (Å²) < 4.78 is 6.36. The molecule has 5 heteroatoms. The Morgan fingerprint density at radius 3 is 1.75 bits per heavy atom. The zero-order chi connectivity index (χ0) is 27.6. The van der Waals surface area contributed by atoms with Crippen LogP contribution in [0.5, 0.6) is 5.75 Å². The second kappa shape index (κ2) is 14.1. The molecule has 4 aromatic rings. The van der Waals surface area contributed by atoms with Crippen molar-refractivity contribution in [2.24, 2.45) is 0 Å². The lowest BCUT2D eigenvalue weighted by Crippen LogP contribution is -2.44. The van der Waals surface area contributed by atoms with Crippen LogP contribution in [0.2, 0.25) is 0 Å². The van der Waals surface area contributed by atoms with E-state index in [-0.39, 0.29) is 6.61 Å². The smallest absolute Gasteiger partial charge is 0.123 e. The van der Waals surface area contributed by atoms with Crippen LogP contribution < -0.4 is 20.7 Å². The van der Waals surface area contributed by atoms with Crippen LogP contribution in [0.15, 0.2) is 115 Å². The van der Waals surface area contributed by atoms with E-state index in [4.69, 9.17) is 4.74 Å². The van der Waals surface area contributed by atoms with Crippen molar-refractivity contribution in [1.29, 1.82) is 0 Å². The Balaban J connectivity index is 1.31. The minimum atomic E-state index is -2.12. The number of ether oxygens (including phenoxy) is 1. The third-order valence-electron chi connectivity index (χ3n) is 8.00. The maximum Gasteiger partial charge on any atom is 0.123 e. The van der Waals surface area contributed by atoms with Crippen LogP contribution >= 0.6 is 7.26 Å². The van der Waals surface area contributed by atoms with Crippen molar-refractivity contribution in [3.63, 3.8) is 0 Å². The summed E-state index contributed by atoms with van der Waals surface area (Å²) in [6.45, 7) is 5.98. The SMILES string of the molecule is CN1CCN(CCCc2ccccc2OCC(O)C[P+](c2ccccc2)(c2ccccc2)c2ccccc2)CC1. The fourth-order valence-corrected chi connectivity index (χ4v) is 10.1. The van der Waals surface area contributed by atoms with Gasteiger partial charge in [0, 0.05) is 26.2 Å². The summed E-state index contributed by atoms with van der Waals surface area (Å²) in [7, 11) is 0.0800. The van der Waals surface area contributed by atoms with E-state index in [2.05, 4.69) is 120 Å². The lowest BCUT2D eigenvalue weighted by molar-refractivity contribution is 0.124. The van der Waals surface area contributed by atoms with Gasteiger partial charge in [-0.05, 0) is 74.5 Å². The van der Waals surface area contributed by atoms with Gasteiger partial charge in [0.25, 0.3) is 0 Å². The number of piperazine rings is 1. The third kappa shape index (κ3) is 7.00. The Kier molecular flexibility index (Phi) is 10.0. The van der Waals surface area contributed by atoms with Gasteiger partial charge in [0.15, 0.2) is 0 Å². The molecular weight excluding hydrogens is 511 g/mol. The van der Waals surface area contributed by atoms with Gasteiger partial charge in [-0.1, -0.05) is 72.8 Å². The molecule has 208 valence electrons. The molecule has 4 aromatic carbocycles. The van der Waals surface area contributed by atoms with Crippen LogP contribution in [0.25, 0.3) is 0 Å². The van der Waals surface area contributed by atoms with E-state index in [1.165, 1.54) is 21.5 Å². The predicted octanol–water partition coefficient (Wildman–Crippen LogP) is 4.60. The van der Waals surface area contributed by atoms with Gasteiger partial charge in [-0.2, -0.15) is 0 Å². The number of likely N-dealkylation sites (N-methyl/N-ethyl adjacent to an activating group) is 1. The molecule has 5 rings (SSSR count). The predicted molar refractivity (Wildman–Crippen MR) is 170 cm³/mol. The van der Waals surface area contributed by atoms with Crippen molar-refractivity contribution in [3.8, 4) is 5.75 Å². The van der Waals surface area contributed by atoms with E-state index in [1.54, 1.807) is 0 Å². The van der Waals surface area contributed by atoms with E-state index in [0.717, 1.165) is 51.3 Å². The van der Waals surface area contributed by atoms with Gasteiger partial charge in [0.2, 0.25) is 0 Å². The number of aliphatic hydroxyl groups excluding tert-OH is 1. The maximum atomic E-state index is 11.6. The van der Waals surface area contributed by atoms with Crippen molar-refractivity contribution in [3.05, 3.63) is 121 Å². The molecule has 1 unspecified atom stereocenters. The molecule has 1 fully saturated rings. The number of aliphatic hydroxyl groups is 1. The molecule has 1 atom stereocenters. The lowest BCUT2D eigenvalue weighted by atomic mass is 10.1. The molecular formula is C35H42N2O2P+. The first-order valence-electron chi connectivity index (χ1n) is 14.5. The number of nitrogens with zero attached hydrogens (tertiary/aromatic N) is 2. The number of aryl methyl sites for hydroxylation is 1. The first-order chi connectivity index (χ1) is 19.6. The molecule has 4 nitrogen and oxygen atoms in total. The van der Waals surface area contributed by atoms with E-state index in [1.807, 2.05) is 12.1 Å². The molecule has 1 heterocycles. The molecule has 0 aromatic heterocycles. The minimum Gasteiger partial charge on any atom is -0.490 e. The fraction of sp³-hybridized carbons (Fsp3) is 0.314. The highest BCUT2D eigenvalue weighted by molar-refractivity contribution is 7.95. The third-order valence-corrected chi connectivity index (χ3v) is 12.5. The summed E-state index contributed by atoms with van der Waals surface area (Å²) >= 11 is 0. The first-order valence-corrected chi connectivity index (χ1v) is 16.5. The summed E-state index contributed by atoms with van der Waals surface area (Å²) in [5.74, 6) is 0.892. The molecule has 40 heavy (non-hydrogen) atoms. The maximum absolute atomic E-state index is 11.6. The molecule has 1 saturated heterocycles. The molecule has 1 aliphatic rings. The van der Waals surface area contributed by atoms with Gasteiger partial charge in [0.05, 0.1) is 0 Å². The number of para-hydroxylation sites is 1. The van der Waals surface area contributed by atoms with Gasteiger partial charge < -0.3 is 19.6 Å². The number of benzene rings is 4. The Morgan fingerprint density at radius 2 is 1.20 bits per heavy atom. The van der Waals surface area contributed by atoms with Crippen LogP contribution in [0.1, 0.15) is 12.0 Å². The van der Waals surface area contributed by atoms with E-state index >= 15 is 0 Å². The zero-order valence-corrected chi connectivity index (χ0v) is 24.5. The fourth-order valence-electron chi connectivity index (χ4n) is 5.78. The van der Waals surface area contributed by atoms with Crippen LogP contribution in [0, 0.1) is 0 Å². The van der Waals surface area contributed by atoms with Gasteiger partial charge >= 0.3 is 0 Å². The Hall–Kier alpha value is -3.01. The number of hydrogen-bond acceptors (Lipinski definition) is 4. The first kappa shape index (κ1) is 28.5. The quantitative estimate of drug-likeness (QED) is 0.260. The topological polar surface area (TPSA) is 35.9 Å². The molecule has 0 radical (unpaired) electrons. The van der Waals surface area contributed by atoms with Crippen LogP contribution in [-0.4, -0.2) is 73.6 Å². The number of rotatable bonds is 12. The summed E-state index contributed by atoms with van der Waals surface area (Å²) in [6.07, 6.45) is 2.09. The zero-order valence-electron chi connectivity index (χ0n) is 23.6. The van der Waals surface area contributed by atoms with E-state index in [9.17, 15) is 5.11 Å². The van der Waals surface area contributed by atoms with Crippen LogP contribution in [-0.2, 0) is 6.42 Å². The molecule has 0 aliphatic carbocycles. The van der Waals surface area contributed by atoms with E-state index < -0.39 is 13.4 Å². The highest BCUT2D eigenvalue weighted by atomic mass is 31.2. The molecule has 1 aliphatic heterocycles. The minimum absolute atomic E-state index is 0.268. The Bertz CT molecular complexity index is 1200. The normalized spacial score (nSPS) is 15.6. The van der Waals surface area contributed by atoms with Gasteiger partial charge in [0.1, 0.15) is 47.8 Å². The average molecular weight is 554 g/mol. The van der Waals surface area contributed by atoms with Crippen molar-refractivity contribution >= 4 is 23.2 Å². The lowest BCUT2D eigenvalue weighted by Gasteiger charge is -2.32. The second-order valence-electron chi connectivity index (χ2n) is 10.8. The van der Waals surface area contributed by atoms with Crippen LogP contribution in [0.4, 0.5) is 0 Å². The highest BCUT2D eigenvalue weighted by Crippen LogP contribution is 2.55. The monoisotopic (exact) mass is 553 g/mol. The summed E-state index contributed by atoms with van der Waals surface area (Å²) in [6, 6.07) is 40.5. The van der Waals surface area contributed by atoms with E-state index in [0.29, 0.717) is 6.16 Å². The Labute approximate surface area is 240 Å². The molecule has 0 spiro atoms. The van der Waals surface area contributed by atoms with Gasteiger partial charge in [-0.25, -0.2) is 0 Å². The average Bonchev–Trinajstić information content (AvgIpc) is 3.02. The van der Waals surface area contributed by atoms with Gasteiger partial charge in [-0.3, -0.25) is 0 Å². The number of hydrogen-bond donors (Lipinski definition) is 1. The molecule has 0 saturated carbocycles. The summed E-state index contributed by atoms with van der Waals surface area (Å²) in [4.78, 5) is 4.96. The second-order valence-corrected chi connectivity index (χ2v) is 14.4. The van der Waals surface area contributed by atoms with Crippen molar-refractivity contribution in [2.45, 2.75) is 18.9 Å². The summed E-state index contributed by atoms with van der Waals surface area (Å²) in [5, 5.41) is 15.4. The highest BCUT2D eigenvalue weighted by Gasteiger charge is 2.47. The molecule has 0 amide bonds.